The number of fused-ring (bicyclic) bond motifs is 1. The summed E-state index contributed by atoms with van der Waals surface area (Å²) < 4.78 is 0. The molecule has 5 nitrogen and oxygen atoms in total. The third-order valence-electron chi connectivity index (χ3n) is 5.38. The van der Waals surface area contributed by atoms with Gasteiger partial charge in [-0.15, -0.1) is 0 Å². The van der Waals surface area contributed by atoms with Gasteiger partial charge in [-0.25, -0.2) is 4.98 Å². The maximum atomic E-state index is 12.6. The number of carbonyl (C=O) groups is 1. The number of likely N-dealkylation sites (tertiary alicyclic amines) is 1. The largest absolute Gasteiger partial charge is 0.392 e. The molecule has 0 saturated carbocycles. The van der Waals surface area contributed by atoms with Gasteiger partial charge in [0.2, 0.25) is 5.91 Å². The predicted octanol–water partition coefficient (Wildman–Crippen LogP) is 3.08. The van der Waals surface area contributed by atoms with Crippen molar-refractivity contribution in [3.8, 4) is 0 Å². The number of aromatic nitrogens is 2. The molecular formula is C22H25N3O2. The van der Waals surface area contributed by atoms with Crippen LogP contribution < -0.4 is 0 Å². The van der Waals surface area contributed by atoms with Crippen LogP contribution in [0.3, 0.4) is 0 Å². The van der Waals surface area contributed by atoms with Gasteiger partial charge in [-0.3, -0.25) is 4.79 Å². The van der Waals surface area contributed by atoms with Gasteiger partial charge in [0, 0.05) is 25.9 Å². The Morgan fingerprint density at radius 2 is 1.93 bits per heavy atom. The van der Waals surface area contributed by atoms with Gasteiger partial charge < -0.3 is 15.0 Å². The number of hydrogen-bond donors (Lipinski definition) is 2. The van der Waals surface area contributed by atoms with Crippen molar-refractivity contribution >= 4 is 16.9 Å². The first-order chi connectivity index (χ1) is 13.2. The smallest absolute Gasteiger partial charge is 0.223 e. The van der Waals surface area contributed by atoms with E-state index in [-0.39, 0.29) is 12.5 Å². The standard InChI is InChI=1S/C22H25N3O2/c26-15-17-7-5-16(6-8-17)13-18-11-12-25(14-18)22(27)10-9-21-23-19-3-1-2-4-20(19)24-21/h1-8,18,26H,9-15H2,(H,23,24). The molecule has 2 N–H and O–H groups in total. The third kappa shape index (κ3) is 4.19. The Hall–Kier alpha value is -2.66. The van der Waals surface area contributed by atoms with Crippen LogP contribution in [0.1, 0.15) is 29.8 Å². The summed E-state index contributed by atoms with van der Waals surface area (Å²) in [5, 5.41) is 9.13. The molecule has 1 aliphatic heterocycles. The first kappa shape index (κ1) is 17.7. The number of benzene rings is 2. The molecule has 140 valence electrons. The molecule has 5 heteroatoms. The van der Waals surface area contributed by atoms with Crippen LogP contribution in [-0.4, -0.2) is 39.0 Å². The zero-order valence-corrected chi connectivity index (χ0v) is 15.4. The lowest BCUT2D eigenvalue weighted by molar-refractivity contribution is -0.130. The highest BCUT2D eigenvalue weighted by molar-refractivity contribution is 5.77. The Bertz CT molecular complexity index is 884. The second-order valence-electron chi connectivity index (χ2n) is 7.37. The molecule has 1 aromatic heterocycles. The highest BCUT2D eigenvalue weighted by Crippen LogP contribution is 2.22. The van der Waals surface area contributed by atoms with Gasteiger partial charge in [-0.1, -0.05) is 36.4 Å². The first-order valence-electron chi connectivity index (χ1n) is 9.61. The maximum absolute atomic E-state index is 12.6. The van der Waals surface area contributed by atoms with Crippen molar-refractivity contribution in [3.63, 3.8) is 0 Å². The number of aliphatic hydroxyl groups is 1. The summed E-state index contributed by atoms with van der Waals surface area (Å²) in [7, 11) is 0. The average Bonchev–Trinajstić information content (AvgIpc) is 3.33. The number of imidazole rings is 1. The van der Waals surface area contributed by atoms with Gasteiger partial charge in [0.05, 0.1) is 17.6 Å². The van der Waals surface area contributed by atoms with Crippen LogP contribution in [0, 0.1) is 5.92 Å². The summed E-state index contributed by atoms with van der Waals surface area (Å²) in [5.74, 6) is 1.61. The number of hydrogen-bond acceptors (Lipinski definition) is 3. The van der Waals surface area contributed by atoms with Crippen LogP contribution in [0.2, 0.25) is 0 Å². The zero-order chi connectivity index (χ0) is 18.6. The van der Waals surface area contributed by atoms with Crippen LogP contribution in [0.4, 0.5) is 0 Å². The van der Waals surface area contributed by atoms with Crippen molar-refractivity contribution in [1.29, 1.82) is 0 Å². The maximum Gasteiger partial charge on any atom is 0.223 e. The molecule has 1 amide bonds. The minimum absolute atomic E-state index is 0.0806. The van der Waals surface area contributed by atoms with Crippen molar-refractivity contribution in [2.75, 3.05) is 13.1 Å². The van der Waals surface area contributed by atoms with Crippen molar-refractivity contribution in [1.82, 2.24) is 14.9 Å². The van der Waals surface area contributed by atoms with E-state index in [0.717, 1.165) is 48.4 Å². The average molecular weight is 363 g/mol. The molecule has 0 radical (unpaired) electrons. The molecule has 0 aliphatic carbocycles. The monoisotopic (exact) mass is 363 g/mol. The summed E-state index contributed by atoms with van der Waals surface area (Å²) in [6, 6.07) is 16.1. The van der Waals surface area contributed by atoms with E-state index >= 15 is 0 Å². The molecule has 2 heterocycles. The summed E-state index contributed by atoms with van der Waals surface area (Å²) in [6.45, 7) is 1.76. The molecule has 2 aromatic carbocycles. The van der Waals surface area contributed by atoms with E-state index in [0.29, 0.717) is 18.8 Å². The lowest BCUT2D eigenvalue weighted by Crippen LogP contribution is -2.29. The van der Waals surface area contributed by atoms with E-state index in [1.807, 2.05) is 41.3 Å². The molecule has 4 rings (SSSR count). The summed E-state index contributed by atoms with van der Waals surface area (Å²) >= 11 is 0. The molecule has 0 spiro atoms. The molecule has 1 aliphatic rings. The van der Waals surface area contributed by atoms with Gasteiger partial charge in [0.25, 0.3) is 0 Å². The minimum Gasteiger partial charge on any atom is -0.392 e. The van der Waals surface area contributed by atoms with E-state index in [1.54, 1.807) is 0 Å². The number of nitrogens with zero attached hydrogens (tertiary/aromatic N) is 2. The van der Waals surface area contributed by atoms with Gasteiger partial charge in [0.1, 0.15) is 5.82 Å². The van der Waals surface area contributed by atoms with Crippen molar-refractivity contribution in [3.05, 3.63) is 65.5 Å². The molecule has 1 unspecified atom stereocenters. The molecule has 1 fully saturated rings. The molecular weight excluding hydrogens is 338 g/mol. The normalized spacial score (nSPS) is 16.9. The Kier molecular flexibility index (Phi) is 5.21. The van der Waals surface area contributed by atoms with Crippen molar-refractivity contribution < 1.29 is 9.90 Å². The Morgan fingerprint density at radius 3 is 2.70 bits per heavy atom. The number of aryl methyl sites for hydroxylation is 1. The number of rotatable bonds is 6. The summed E-state index contributed by atoms with van der Waals surface area (Å²) in [4.78, 5) is 22.4. The number of amides is 1. The van der Waals surface area contributed by atoms with Gasteiger partial charge in [0.15, 0.2) is 0 Å². The fourth-order valence-corrected chi connectivity index (χ4v) is 3.85. The van der Waals surface area contributed by atoms with Gasteiger partial charge in [-0.05, 0) is 42.0 Å². The second kappa shape index (κ2) is 7.92. The first-order valence-corrected chi connectivity index (χ1v) is 9.61. The zero-order valence-electron chi connectivity index (χ0n) is 15.4. The Morgan fingerprint density at radius 1 is 1.15 bits per heavy atom. The minimum atomic E-state index is 0.0806. The lowest BCUT2D eigenvalue weighted by atomic mass is 9.98. The highest BCUT2D eigenvalue weighted by atomic mass is 16.3. The number of carbonyl (C=O) groups excluding carboxylic acids is 1. The van der Waals surface area contributed by atoms with Gasteiger partial charge in [-0.2, -0.15) is 0 Å². The molecule has 27 heavy (non-hydrogen) atoms. The number of aromatic amines is 1. The molecule has 0 bridgehead atoms. The number of para-hydroxylation sites is 2. The van der Waals surface area contributed by atoms with Crippen molar-refractivity contribution in [2.24, 2.45) is 5.92 Å². The van der Waals surface area contributed by atoms with E-state index in [4.69, 9.17) is 5.11 Å². The number of H-pyrrole nitrogens is 1. The second-order valence-corrected chi connectivity index (χ2v) is 7.37. The fourth-order valence-electron chi connectivity index (χ4n) is 3.85. The summed E-state index contributed by atoms with van der Waals surface area (Å²) in [6.07, 6.45) is 3.19. The van der Waals surface area contributed by atoms with E-state index < -0.39 is 0 Å². The van der Waals surface area contributed by atoms with Crippen LogP contribution >= 0.6 is 0 Å². The quantitative estimate of drug-likeness (QED) is 0.707. The van der Waals surface area contributed by atoms with Gasteiger partial charge >= 0.3 is 0 Å². The number of nitrogens with one attached hydrogen (secondary N) is 1. The van der Waals surface area contributed by atoms with Crippen LogP contribution in [0.25, 0.3) is 11.0 Å². The Labute approximate surface area is 159 Å². The van der Waals surface area contributed by atoms with Crippen LogP contribution in [0.5, 0.6) is 0 Å². The molecule has 1 atom stereocenters. The SMILES string of the molecule is O=C(CCc1nc2ccccc2[nH]1)N1CCC(Cc2ccc(CO)cc2)C1. The van der Waals surface area contributed by atoms with Crippen LogP contribution in [-0.2, 0) is 24.2 Å². The fraction of sp³-hybridized carbons (Fsp3) is 0.364. The topological polar surface area (TPSA) is 69.2 Å². The van der Waals surface area contributed by atoms with Crippen molar-refractivity contribution in [2.45, 2.75) is 32.3 Å². The van der Waals surface area contributed by atoms with E-state index in [1.165, 1.54) is 5.56 Å². The van der Waals surface area contributed by atoms with E-state index in [9.17, 15) is 4.79 Å². The lowest BCUT2D eigenvalue weighted by Gasteiger charge is -2.16. The Balaban J connectivity index is 1.28. The van der Waals surface area contributed by atoms with Crippen LogP contribution in [0.15, 0.2) is 48.5 Å². The van der Waals surface area contributed by atoms with E-state index in [2.05, 4.69) is 22.1 Å². The number of aliphatic hydroxyl groups excluding tert-OH is 1. The third-order valence-corrected chi connectivity index (χ3v) is 5.38. The molecule has 3 aromatic rings. The molecule has 1 saturated heterocycles. The highest BCUT2D eigenvalue weighted by Gasteiger charge is 2.26. The summed E-state index contributed by atoms with van der Waals surface area (Å²) in [5.41, 5.74) is 4.18. The predicted molar refractivity (Wildman–Crippen MR) is 105 cm³/mol.